The summed E-state index contributed by atoms with van der Waals surface area (Å²) in [6.45, 7) is 4.05. The summed E-state index contributed by atoms with van der Waals surface area (Å²) in [5.41, 5.74) is 0.997. The van der Waals surface area contributed by atoms with E-state index in [1.165, 1.54) is 18.4 Å². The molecule has 26 heavy (non-hydrogen) atoms. The van der Waals surface area contributed by atoms with E-state index in [-0.39, 0.29) is 12.6 Å². The fourth-order valence-corrected chi connectivity index (χ4v) is 4.35. The van der Waals surface area contributed by atoms with Gasteiger partial charge in [-0.05, 0) is 50.1 Å². The second-order valence-electron chi connectivity index (χ2n) is 8.03. The molecule has 5 nitrogen and oxygen atoms in total. The lowest BCUT2D eigenvalue weighted by Crippen LogP contribution is -2.54. The van der Waals surface area contributed by atoms with Crippen molar-refractivity contribution in [2.45, 2.75) is 50.5 Å². The van der Waals surface area contributed by atoms with Gasteiger partial charge in [0.25, 0.3) is 0 Å². The van der Waals surface area contributed by atoms with Gasteiger partial charge < -0.3 is 20.6 Å². The molecule has 3 rings (SSSR count). The van der Waals surface area contributed by atoms with Gasteiger partial charge in [0.15, 0.2) is 0 Å². The third-order valence-electron chi connectivity index (χ3n) is 5.96. The van der Waals surface area contributed by atoms with Crippen LogP contribution in [0.2, 0.25) is 0 Å². The fourth-order valence-electron chi connectivity index (χ4n) is 4.35. The lowest BCUT2D eigenvalue weighted by molar-refractivity contribution is 0.156. The van der Waals surface area contributed by atoms with Crippen molar-refractivity contribution in [3.05, 3.63) is 35.9 Å². The summed E-state index contributed by atoms with van der Waals surface area (Å²) in [5.74, 6) is 0.513. The van der Waals surface area contributed by atoms with Crippen molar-refractivity contribution in [1.82, 2.24) is 15.5 Å². The second-order valence-corrected chi connectivity index (χ2v) is 8.03. The fraction of sp³-hybridized carbons (Fsp3) is 0.667. The molecule has 5 heteroatoms. The van der Waals surface area contributed by atoms with Crippen molar-refractivity contribution >= 4 is 6.03 Å². The Kier molecular flexibility index (Phi) is 6.92. The molecule has 0 aromatic heterocycles. The molecule has 0 bridgehead atoms. The highest BCUT2D eigenvalue weighted by Gasteiger charge is 2.34. The van der Waals surface area contributed by atoms with Gasteiger partial charge in [-0.3, -0.25) is 0 Å². The first-order chi connectivity index (χ1) is 12.7. The van der Waals surface area contributed by atoms with Gasteiger partial charge >= 0.3 is 6.03 Å². The van der Waals surface area contributed by atoms with Crippen molar-refractivity contribution in [1.29, 1.82) is 0 Å². The number of hydrogen-bond acceptors (Lipinski definition) is 3. The molecule has 2 fully saturated rings. The largest absolute Gasteiger partial charge is 0.394 e. The molecule has 0 spiro atoms. The topological polar surface area (TPSA) is 64.6 Å². The third kappa shape index (κ3) is 5.45. The van der Waals surface area contributed by atoms with E-state index in [0.717, 1.165) is 58.3 Å². The Bertz CT molecular complexity index is 558. The SMILES string of the molecule is O=C(NC[C@H]1CCCN(CCc2ccccc2)C1)NC1(CO)CCCC1. The Morgan fingerprint density at radius 2 is 1.96 bits per heavy atom. The van der Waals surface area contributed by atoms with Crippen LogP contribution in [0.4, 0.5) is 4.79 Å². The Hall–Kier alpha value is -1.59. The maximum atomic E-state index is 12.3. The normalized spacial score (nSPS) is 22.9. The smallest absolute Gasteiger partial charge is 0.315 e. The van der Waals surface area contributed by atoms with E-state index in [9.17, 15) is 9.90 Å². The Morgan fingerprint density at radius 1 is 1.19 bits per heavy atom. The highest BCUT2D eigenvalue weighted by molar-refractivity contribution is 5.74. The molecule has 1 saturated carbocycles. The van der Waals surface area contributed by atoms with Crippen LogP contribution in [0.15, 0.2) is 30.3 Å². The zero-order valence-electron chi connectivity index (χ0n) is 15.8. The summed E-state index contributed by atoms with van der Waals surface area (Å²) in [6.07, 6.45) is 7.39. The summed E-state index contributed by atoms with van der Waals surface area (Å²) in [6, 6.07) is 10.5. The van der Waals surface area contributed by atoms with Crippen LogP contribution < -0.4 is 10.6 Å². The van der Waals surface area contributed by atoms with Gasteiger partial charge in [-0.25, -0.2) is 4.79 Å². The quantitative estimate of drug-likeness (QED) is 0.701. The maximum absolute atomic E-state index is 12.3. The van der Waals surface area contributed by atoms with Crippen LogP contribution in [-0.4, -0.2) is 54.4 Å². The number of carbonyl (C=O) groups is 1. The average molecular weight is 360 g/mol. The van der Waals surface area contributed by atoms with E-state index in [1.54, 1.807) is 0 Å². The molecule has 2 amide bonds. The number of nitrogens with one attached hydrogen (secondary N) is 2. The second kappa shape index (κ2) is 9.38. The highest BCUT2D eigenvalue weighted by Crippen LogP contribution is 2.29. The van der Waals surface area contributed by atoms with Gasteiger partial charge in [0.05, 0.1) is 12.1 Å². The monoisotopic (exact) mass is 359 g/mol. The average Bonchev–Trinajstić information content (AvgIpc) is 3.15. The summed E-state index contributed by atoms with van der Waals surface area (Å²) >= 11 is 0. The van der Waals surface area contributed by atoms with Crippen LogP contribution in [0.3, 0.4) is 0 Å². The number of likely N-dealkylation sites (tertiary alicyclic amines) is 1. The van der Waals surface area contributed by atoms with Crippen molar-refractivity contribution in [2.75, 3.05) is 32.8 Å². The lowest BCUT2D eigenvalue weighted by Gasteiger charge is -2.33. The minimum absolute atomic E-state index is 0.0388. The molecule has 1 heterocycles. The molecule has 1 aromatic rings. The predicted octanol–water partition coefficient (Wildman–Crippen LogP) is 2.55. The number of carbonyl (C=O) groups excluding carboxylic acids is 1. The molecule has 0 unspecified atom stereocenters. The van der Waals surface area contributed by atoms with Crippen molar-refractivity contribution in [3.63, 3.8) is 0 Å². The van der Waals surface area contributed by atoms with Crippen molar-refractivity contribution < 1.29 is 9.90 Å². The van der Waals surface area contributed by atoms with Gasteiger partial charge in [-0.2, -0.15) is 0 Å². The molecule has 1 aliphatic heterocycles. The minimum Gasteiger partial charge on any atom is -0.394 e. The number of benzene rings is 1. The van der Waals surface area contributed by atoms with Crippen LogP contribution in [0, 0.1) is 5.92 Å². The number of aliphatic hydroxyl groups excluding tert-OH is 1. The van der Waals surface area contributed by atoms with Crippen LogP contribution in [0.5, 0.6) is 0 Å². The summed E-state index contributed by atoms with van der Waals surface area (Å²) in [7, 11) is 0. The lowest BCUT2D eigenvalue weighted by atomic mass is 9.97. The maximum Gasteiger partial charge on any atom is 0.315 e. The first kappa shape index (κ1) is 19.2. The molecule has 1 aliphatic carbocycles. The Balaban J connectivity index is 1.38. The predicted molar refractivity (Wildman–Crippen MR) is 104 cm³/mol. The van der Waals surface area contributed by atoms with Crippen LogP contribution in [0.25, 0.3) is 0 Å². The molecule has 1 saturated heterocycles. The van der Waals surface area contributed by atoms with Crippen LogP contribution >= 0.6 is 0 Å². The van der Waals surface area contributed by atoms with E-state index in [2.05, 4.69) is 45.9 Å². The number of nitrogens with zero attached hydrogens (tertiary/aromatic N) is 1. The minimum atomic E-state index is -0.391. The van der Waals surface area contributed by atoms with E-state index >= 15 is 0 Å². The highest BCUT2D eigenvalue weighted by atomic mass is 16.3. The molecule has 0 radical (unpaired) electrons. The van der Waals surface area contributed by atoms with Crippen molar-refractivity contribution in [3.8, 4) is 0 Å². The Morgan fingerprint density at radius 3 is 2.69 bits per heavy atom. The number of piperidine rings is 1. The summed E-state index contributed by atoms with van der Waals surface area (Å²) in [4.78, 5) is 14.8. The number of urea groups is 1. The summed E-state index contributed by atoms with van der Waals surface area (Å²) < 4.78 is 0. The third-order valence-corrected chi connectivity index (χ3v) is 5.96. The van der Waals surface area contributed by atoms with E-state index in [0.29, 0.717) is 5.92 Å². The van der Waals surface area contributed by atoms with E-state index in [1.807, 2.05) is 0 Å². The zero-order chi connectivity index (χ0) is 18.2. The molecule has 1 aromatic carbocycles. The van der Waals surface area contributed by atoms with Crippen LogP contribution in [-0.2, 0) is 6.42 Å². The van der Waals surface area contributed by atoms with Gasteiger partial charge in [0.2, 0.25) is 0 Å². The van der Waals surface area contributed by atoms with Crippen LogP contribution in [0.1, 0.15) is 44.1 Å². The standard InChI is InChI=1S/C21H33N3O2/c25-17-21(11-4-5-12-21)23-20(26)22-15-19-9-6-13-24(16-19)14-10-18-7-2-1-3-8-18/h1-3,7-8,19,25H,4-6,9-17H2,(H2,22,23,26)/t19-/m1/s1. The molecular weight excluding hydrogens is 326 g/mol. The number of aliphatic hydroxyl groups is 1. The molecule has 144 valence electrons. The zero-order valence-corrected chi connectivity index (χ0v) is 15.8. The van der Waals surface area contributed by atoms with Gasteiger partial charge in [0.1, 0.15) is 0 Å². The van der Waals surface area contributed by atoms with Gasteiger partial charge in [-0.1, -0.05) is 43.2 Å². The first-order valence-electron chi connectivity index (χ1n) is 10.1. The Labute approximate surface area is 157 Å². The van der Waals surface area contributed by atoms with Gasteiger partial charge in [0, 0.05) is 19.6 Å². The molecule has 1 atom stereocenters. The molecule has 3 N–H and O–H groups in total. The van der Waals surface area contributed by atoms with E-state index in [4.69, 9.17) is 0 Å². The molecule has 2 aliphatic rings. The summed E-state index contributed by atoms with van der Waals surface area (Å²) in [5, 5.41) is 15.7. The van der Waals surface area contributed by atoms with E-state index < -0.39 is 5.54 Å². The van der Waals surface area contributed by atoms with Gasteiger partial charge in [-0.15, -0.1) is 0 Å². The number of rotatable bonds is 7. The number of hydrogen-bond donors (Lipinski definition) is 3. The number of amides is 2. The van der Waals surface area contributed by atoms with Crippen molar-refractivity contribution in [2.24, 2.45) is 5.92 Å². The molecular formula is C21H33N3O2. The first-order valence-corrected chi connectivity index (χ1v) is 10.1.